The summed E-state index contributed by atoms with van der Waals surface area (Å²) in [5, 5.41) is 10.1. The van der Waals surface area contributed by atoms with E-state index in [2.05, 4.69) is 39.0 Å². The van der Waals surface area contributed by atoms with Gasteiger partial charge < -0.3 is 9.84 Å². The summed E-state index contributed by atoms with van der Waals surface area (Å²) >= 11 is 2.14. The molecule has 4 nitrogen and oxygen atoms in total. The fourth-order valence-corrected chi connectivity index (χ4v) is 5.37. The zero-order chi connectivity index (χ0) is 18.9. The first-order valence-electron chi connectivity index (χ1n) is 9.24. The third-order valence-electron chi connectivity index (χ3n) is 4.88. The Morgan fingerprint density at radius 3 is 2.46 bits per heavy atom. The van der Waals surface area contributed by atoms with Crippen LogP contribution < -0.4 is 0 Å². The van der Waals surface area contributed by atoms with Gasteiger partial charge >= 0.3 is 0 Å². The van der Waals surface area contributed by atoms with E-state index in [-0.39, 0.29) is 22.8 Å². The normalized spacial score (nSPS) is 23.7. The van der Waals surface area contributed by atoms with Gasteiger partial charge in [0.15, 0.2) is 0 Å². The van der Waals surface area contributed by atoms with E-state index < -0.39 is 11.0 Å². The van der Waals surface area contributed by atoms with Gasteiger partial charge in [0.05, 0.1) is 14.4 Å². The molecular weight excluding hydrogens is 461 g/mol. The molecule has 0 spiro atoms. The largest absolute Gasteiger partial charge is 0.480 e. The average Bonchev–Trinajstić information content (AvgIpc) is 3.42. The highest BCUT2D eigenvalue weighted by atomic mass is 127. The lowest BCUT2D eigenvalue weighted by molar-refractivity contribution is -0.0268. The number of hydrogen-bond acceptors (Lipinski definition) is 3. The van der Waals surface area contributed by atoms with Crippen LogP contribution >= 0.6 is 22.6 Å². The maximum absolute atomic E-state index is 13.4. The number of nitrogens with zero attached hydrogens (tertiary/aromatic N) is 1. The summed E-state index contributed by atoms with van der Waals surface area (Å²) in [6.07, 6.45) is 3.84. The van der Waals surface area contributed by atoms with Gasteiger partial charge in [-0.1, -0.05) is 30.3 Å². The van der Waals surface area contributed by atoms with Crippen LogP contribution in [0, 0.1) is 5.92 Å². The van der Waals surface area contributed by atoms with Gasteiger partial charge in [0.2, 0.25) is 0 Å². The number of hydrogen-bond donors (Lipinski definition) is 1. The number of ether oxygens (including phenoxy) is 1. The standard InChI is InChI=1S/C20H28INO3S/c1-20(2,3)26(24)22(13-14-7-5-4-6-8-14)18(15-9-10-15)17-12-11-16(21)19(23)25-17/h4-8,15,17-18,23H,9-13H2,1-3H3. The van der Waals surface area contributed by atoms with Crippen molar-refractivity contribution in [1.29, 1.82) is 0 Å². The molecule has 1 saturated carbocycles. The van der Waals surface area contributed by atoms with Gasteiger partial charge in [-0.2, -0.15) is 0 Å². The molecule has 3 atom stereocenters. The van der Waals surface area contributed by atoms with E-state index in [1.807, 2.05) is 39.0 Å². The van der Waals surface area contributed by atoms with Gasteiger partial charge in [-0.05, 0) is 80.5 Å². The molecule has 6 heteroatoms. The molecule has 1 aromatic rings. The van der Waals surface area contributed by atoms with E-state index >= 15 is 0 Å². The number of halogens is 1. The van der Waals surface area contributed by atoms with Crippen LogP contribution in [0.3, 0.4) is 0 Å². The van der Waals surface area contributed by atoms with Gasteiger partial charge in [-0.3, -0.25) is 0 Å². The molecule has 1 aliphatic heterocycles. The van der Waals surface area contributed by atoms with Gasteiger partial charge in [0.25, 0.3) is 5.95 Å². The molecule has 0 aromatic heterocycles. The Balaban J connectivity index is 1.91. The Bertz CT molecular complexity index is 682. The molecular formula is C20H28INO3S. The minimum atomic E-state index is -1.15. The molecule has 2 aliphatic rings. The fourth-order valence-electron chi connectivity index (χ4n) is 3.43. The lowest BCUT2D eigenvalue weighted by atomic mass is 9.99. The SMILES string of the molecule is CC(C)(C)S(=O)N(Cc1ccccc1)C(C1CC1)C1CCC(I)=C(O)O1. The molecule has 0 saturated heterocycles. The van der Waals surface area contributed by atoms with Gasteiger partial charge in [-0.15, -0.1) is 0 Å². The van der Waals surface area contributed by atoms with Crippen LogP contribution in [0.1, 0.15) is 52.0 Å². The number of benzene rings is 1. The Kier molecular flexibility index (Phi) is 6.34. The molecule has 1 aromatic carbocycles. The summed E-state index contributed by atoms with van der Waals surface area (Å²) in [4.78, 5) is 0. The predicted molar refractivity (Wildman–Crippen MR) is 114 cm³/mol. The van der Waals surface area contributed by atoms with Crippen LogP contribution in [-0.4, -0.2) is 30.5 Å². The molecule has 1 aliphatic carbocycles. The second-order valence-electron chi connectivity index (χ2n) is 8.16. The maximum atomic E-state index is 13.4. The second-order valence-corrected chi connectivity index (χ2v) is 11.6. The monoisotopic (exact) mass is 489 g/mol. The van der Waals surface area contributed by atoms with Crippen LogP contribution in [0.15, 0.2) is 39.9 Å². The zero-order valence-corrected chi connectivity index (χ0v) is 18.6. The molecule has 1 heterocycles. The van der Waals surface area contributed by atoms with Crippen LogP contribution in [-0.2, 0) is 22.3 Å². The maximum Gasteiger partial charge on any atom is 0.286 e. The van der Waals surface area contributed by atoms with Crippen molar-refractivity contribution in [3.8, 4) is 0 Å². The van der Waals surface area contributed by atoms with E-state index in [0.29, 0.717) is 12.5 Å². The molecule has 144 valence electrons. The number of aliphatic hydroxyl groups is 1. The van der Waals surface area contributed by atoms with Crippen LogP contribution in [0.2, 0.25) is 0 Å². The number of allylic oxidation sites excluding steroid dienone is 1. The van der Waals surface area contributed by atoms with Crippen molar-refractivity contribution in [1.82, 2.24) is 4.31 Å². The first-order chi connectivity index (χ1) is 12.3. The highest BCUT2D eigenvalue weighted by molar-refractivity contribution is 14.1. The molecule has 3 rings (SSSR count). The Hall–Kier alpha value is -0.600. The summed E-state index contributed by atoms with van der Waals surface area (Å²) in [6.45, 7) is 6.70. The van der Waals surface area contributed by atoms with Crippen molar-refractivity contribution in [2.45, 2.75) is 69.9 Å². The van der Waals surface area contributed by atoms with Crippen molar-refractivity contribution in [3.63, 3.8) is 0 Å². The molecule has 1 N–H and O–H groups in total. The molecule has 0 radical (unpaired) electrons. The smallest absolute Gasteiger partial charge is 0.286 e. The molecule has 0 bridgehead atoms. The Labute approximate surface area is 172 Å². The zero-order valence-electron chi connectivity index (χ0n) is 15.7. The Morgan fingerprint density at radius 2 is 1.92 bits per heavy atom. The fraction of sp³-hybridized carbons (Fsp3) is 0.600. The van der Waals surface area contributed by atoms with E-state index in [9.17, 15) is 9.32 Å². The second kappa shape index (κ2) is 8.19. The first kappa shape index (κ1) is 20.1. The Morgan fingerprint density at radius 1 is 1.27 bits per heavy atom. The molecule has 1 fully saturated rings. The van der Waals surface area contributed by atoms with Crippen LogP contribution in [0.25, 0.3) is 0 Å². The van der Waals surface area contributed by atoms with Gasteiger partial charge in [-0.25, -0.2) is 8.51 Å². The third-order valence-corrected chi connectivity index (χ3v) is 7.73. The van der Waals surface area contributed by atoms with E-state index in [0.717, 1.165) is 34.8 Å². The van der Waals surface area contributed by atoms with Crippen molar-refractivity contribution < 1.29 is 14.1 Å². The lowest BCUT2D eigenvalue weighted by Gasteiger charge is -2.40. The van der Waals surface area contributed by atoms with E-state index in [1.54, 1.807) is 0 Å². The topological polar surface area (TPSA) is 49.8 Å². The van der Waals surface area contributed by atoms with E-state index in [1.165, 1.54) is 0 Å². The van der Waals surface area contributed by atoms with Crippen molar-refractivity contribution in [2.24, 2.45) is 5.92 Å². The van der Waals surface area contributed by atoms with Crippen molar-refractivity contribution in [3.05, 3.63) is 45.4 Å². The highest BCUT2D eigenvalue weighted by Gasteiger charge is 2.46. The minimum absolute atomic E-state index is 0.0497. The molecule has 3 unspecified atom stereocenters. The minimum Gasteiger partial charge on any atom is -0.480 e. The highest BCUT2D eigenvalue weighted by Crippen LogP contribution is 2.43. The van der Waals surface area contributed by atoms with Gasteiger partial charge in [0, 0.05) is 6.54 Å². The first-order valence-corrected chi connectivity index (χ1v) is 11.4. The molecule has 0 amide bonds. The number of aliphatic hydroxyl groups excluding tert-OH is 1. The summed E-state index contributed by atoms with van der Waals surface area (Å²) in [5.74, 6) is 0.535. The van der Waals surface area contributed by atoms with Gasteiger partial charge in [0.1, 0.15) is 17.1 Å². The summed E-state index contributed by atoms with van der Waals surface area (Å²) in [7, 11) is -1.15. The quantitative estimate of drug-likeness (QED) is 0.568. The third kappa shape index (κ3) is 4.81. The summed E-state index contributed by atoms with van der Waals surface area (Å²) in [5.41, 5.74) is 1.15. The number of rotatable bonds is 6. The molecule has 26 heavy (non-hydrogen) atoms. The predicted octanol–water partition coefficient (Wildman–Crippen LogP) is 5.07. The van der Waals surface area contributed by atoms with Crippen LogP contribution in [0.4, 0.5) is 0 Å². The average molecular weight is 489 g/mol. The summed E-state index contributed by atoms with van der Waals surface area (Å²) < 4.78 is 22.0. The van der Waals surface area contributed by atoms with Crippen LogP contribution in [0.5, 0.6) is 0 Å². The summed E-state index contributed by atoms with van der Waals surface area (Å²) in [6, 6.07) is 10.3. The van der Waals surface area contributed by atoms with E-state index in [4.69, 9.17) is 4.74 Å². The lowest BCUT2D eigenvalue weighted by Crippen LogP contribution is -2.51. The van der Waals surface area contributed by atoms with Crippen molar-refractivity contribution in [2.75, 3.05) is 0 Å². The van der Waals surface area contributed by atoms with Crippen molar-refractivity contribution >= 4 is 33.6 Å².